The quantitative estimate of drug-likeness (QED) is 0.386. The third kappa shape index (κ3) is 3.84. The molecule has 8 heteroatoms. The summed E-state index contributed by atoms with van der Waals surface area (Å²) in [5, 5.41) is 4.14. The smallest absolute Gasteiger partial charge is 0.339 e. The Morgan fingerprint density at radius 3 is 2.86 bits per heavy atom. The van der Waals surface area contributed by atoms with E-state index in [0.717, 1.165) is 5.56 Å². The van der Waals surface area contributed by atoms with Gasteiger partial charge in [-0.25, -0.2) is 4.79 Å². The van der Waals surface area contributed by atoms with Gasteiger partial charge in [0.1, 0.15) is 11.5 Å². The monoisotopic (exact) mass is 337 g/mol. The molecular formula is C14H12ClN3O3S. The van der Waals surface area contributed by atoms with E-state index in [9.17, 15) is 4.79 Å². The number of furan rings is 1. The van der Waals surface area contributed by atoms with Crippen LogP contribution in [0.4, 0.5) is 0 Å². The molecule has 0 spiro atoms. The maximum Gasteiger partial charge on any atom is 0.339 e. The van der Waals surface area contributed by atoms with Crippen molar-refractivity contribution in [2.75, 3.05) is 7.11 Å². The van der Waals surface area contributed by atoms with Gasteiger partial charge in [-0.1, -0.05) is 17.7 Å². The van der Waals surface area contributed by atoms with Crippen LogP contribution in [0.25, 0.3) is 11.3 Å². The van der Waals surface area contributed by atoms with Gasteiger partial charge in [0.2, 0.25) is 0 Å². The summed E-state index contributed by atoms with van der Waals surface area (Å²) in [6, 6.07) is 8.40. The second-order valence-electron chi connectivity index (χ2n) is 4.12. The number of halogens is 1. The van der Waals surface area contributed by atoms with E-state index in [1.165, 1.54) is 13.3 Å². The molecule has 1 heterocycles. The highest BCUT2D eigenvalue weighted by Crippen LogP contribution is 2.27. The molecule has 0 saturated heterocycles. The van der Waals surface area contributed by atoms with Crippen LogP contribution in [0.1, 0.15) is 16.1 Å². The van der Waals surface area contributed by atoms with Crippen LogP contribution < -0.4 is 11.2 Å². The van der Waals surface area contributed by atoms with Crippen molar-refractivity contribution in [2.24, 2.45) is 10.8 Å². The maximum atomic E-state index is 11.5. The highest BCUT2D eigenvalue weighted by atomic mass is 35.5. The molecule has 1 aromatic heterocycles. The summed E-state index contributed by atoms with van der Waals surface area (Å²) in [5.41, 5.74) is 8.68. The number of nitrogens with two attached hydrogens (primary N) is 1. The Morgan fingerprint density at radius 2 is 2.23 bits per heavy atom. The summed E-state index contributed by atoms with van der Waals surface area (Å²) in [6.07, 6.45) is 1.44. The average Bonchev–Trinajstić information content (AvgIpc) is 2.95. The summed E-state index contributed by atoms with van der Waals surface area (Å²) >= 11 is 10.7. The summed E-state index contributed by atoms with van der Waals surface area (Å²) in [6.45, 7) is 0. The molecule has 6 nitrogen and oxygen atoms in total. The zero-order chi connectivity index (χ0) is 16.1. The van der Waals surface area contributed by atoms with Gasteiger partial charge < -0.3 is 14.9 Å². The van der Waals surface area contributed by atoms with E-state index in [-0.39, 0.29) is 10.1 Å². The lowest BCUT2D eigenvalue weighted by Gasteiger charge is -2.04. The number of hydrogen-bond acceptors (Lipinski definition) is 5. The molecule has 0 aliphatic rings. The highest BCUT2D eigenvalue weighted by Gasteiger charge is 2.12. The molecule has 114 valence electrons. The van der Waals surface area contributed by atoms with Crippen LogP contribution >= 0.6 is 23.8 Å². The first-order valence-corrected chi connectivity index (χ1v) is 6.86. The van der Waals surface area contributed by atoms with E-state index >= 15 is 0 Å². The van der Waals surface area contributed by atoms with Gasteiger partial charge >= 0.3 is 5.97 Å². The Labute approximate surface area is 136 Å². The number of esters is 1. The Bertz CT molecular complexity index is 743. The number of nitrogens with zero attached hydrogens (tertiary/aromatic N) is 1. The summed E-state index contributed by atoms with van der Waals surface area (Å²) in [7, 11) is 1.30. The van der Waals surface area contributed by atoms with Crippen LogP contribution in [0.5, 0.6) is 0 Å². The molecule has 0 bridgehead atoms. The number of thiocarbonyl (C=S) groups is 1. The standard InChI is InChI=1S/C14H12ClN3O3S/c1-20-13(19)10-4-2-8(6-11(10)15)12-5-3-9(21-12)7-17-18-14(16)22/h2-7H,1H3,(H3,16,18,22)/b17-7+. The number of nitrogens with one attached hydrogen (secondary N) is 1. The van der Waals surface area contributed by atoms with Gasteiger partial charge in [-0.05, 0) is 36.5 Å². The van der Waals surface area contributed by atoms with Crippen LogP contribution in [0.2, 0.25) is 5.02 Å². The number of ether oxygens (including phenoxy) is 1. The molecule has 0 saturated carbocycles. The fourth-order valence-electron chi connectivity index (χ4n) is 1.68. The third-order valence-electron chi connectivity index (χ3n) is 2.65. The molecule has 3 N–H and O–H groups in total. The minimum Gasteiger partial charge on any atom is -0.465 e. The van der Waals surface area contributed by atoms with Crippen molar-refractivity contribution in [3.63, 3.8) is 0 Å². The molecule has 0 amide bonds. The summed E-state index contributed by atoms with van der Waals surface area (Å²) in [5.74, 6) is 0.592. The summed E-state index contributed by atoms with van der Waals surface area (Å²) < 4.78 is 10.2. The van der Waals surface area contributed by atoms with Gasteiger partial charge in [-0.2, -0.15) is 5.10 Å². The number of carbonyl (C=O) groups is 1. The Hall–Kier alpha value is -2.38. The van der Waals surface area contributed by atoms with E-state index in [4.69, 9.17) is 21.8 Å². The lowest BCUT2D eigenvalue weighted by molar-refractivity contribution is 0.0601. The molecule has 22 heavy (non-hydrogen) atoms. The van der Waals surface area contributed by atoms with E-state index in [2.05, 4.69) is 27.5 Å². The zero-order valence-corrected chi connectivity index (χ0v) is 13.1. The Balaban J connectivity index is 2.21. The first-order valence-electron chi connectivity index (χ1n) is 6.08. The fraction of sp³-hybridized carbons (Fsp3) is 0.0714. The van der Waals surface area contributed by atoms with Crippen LogP contribution in [0.3, 0.4) is 0 Å². The van der Waals surface area contributed by atoms with Gasteiger partial charge in [-0.3, -0.25) is 5.43 Å². The van der Waals surface area contributed by atoms with E-state index in [1.807, 2.05) is 0 Å². The molecular weight excluding hydrogens is 326 g/mol. The van der Waals surface area contributed by atoms with Crippen molar-refractivity contribution < 1.29 is 13.9 Å². The second kappa shape index (κ2) is 7.06. The number of rotatable bonds is 4. The predicted octanol–water partition coefficient (Wildman–Crippen LogP) is 2.55. The van der Waals surface area contributed by atoms with Gasteiger partial charge in [0.25, 0.3) is 0 Å². The molecule has 0 fully saturated rings. The average molecular weight is 338 g/mol. The molecule has 0 aliphatic heterocycles. The molecule has 2 rings (SSSR count). The zero-order valence-electron chi connectivity index (χ0n) is 11.5. The van der Waals surface area contributed by atoms with Crippen LogP contribution in [-0.2, 0) is 4.74 Å². The number of methoxy groups -OCH3 is 1. The topological polar surface area (TPSA) is 89.8 Å². The van der Waals surface area contributed by atoms with Crippen molar-refractivity contribution >= 4 is 41.1 Å². The van der Waals surface area contributed by atoms with Crippen LogP contribution in [-0.4, -0.2) is 24.4 Å². The molecule has 0 aliphatic carbocycles. The predicted molar refractivity (Wildman–Crippen MR) is 88.0 cm³/mol. The molecule has 0 unspecified atom stereocenters. The van der Waals surface area contributed by atoms with Gasteiger partial charge in [0.15, 0.2) is 5.11 Å². The normalized spacial score (nSPS) is 10.6. The van der Waals surface area contributed by atoms with Crippen molar-refractivity contribution in [3.8, 4) is 11.3 Å². The third-order valence-corrected chi connectivity index (χ3v) is 3.06. The lowest BCUT2D eigenvalue weighted by atomic mass is 10.1. The molecule has 2 aromatic rings. The SMILES string of the molecule is COC(=O)c1ccc(-c2ccc(/C=N/NC(N)=S)o2)cc1Cl. The maximum absolute atomic E-state index is 11.5. The molecule has 0 radical (unpaired) electrons. The lowest BCUT2D eigenvalue weighted by Crippen LogP contribution is -2.23. The van der Waals surface area contributed by atoms with Crippen molar-refractivity contribution in [3.05, 3.63) is 46.7 Å². The van der Waals surface area contributed by atoms with Gasteiger partial charge in [0.05, 0.1) is 23.9 Å². The van der Waals surface area contributed by atoms with Crippen LogP contribution in [0.15, 0.2) is 39.9 Å². The van der Waals surface area contributed by atoms with Crippen LogP contribution in [0, 0.1) is 0 Å². The number of hydrazone groups is 1. The van der Waals surface area contributed by atoms with Crippen molar-refractivity contribution in [1.82, 2.24) is 5.43 Å². The fourth-order valence-corrected chi connectivity index (χ4v) is 1.99. The second-order valence-corrected chi connectivity index (χ2v) is 4.97. The Morgan fingerprint density at radius 1 is 1.45 bits per heavy atom. The van der Waals surface area contributed by atoms with Gasteiger partial charge in [-0.15, -0.1) is 0 Å². The number of hydrogen-bond donors (Lipinski definition) is 2. The van der Waals surface area contributed by atoms with E-state index in [1.54, 1.807) is 30.3 Å². The molecule has 0 atom stereocenters. The first-order chi connectivity index (χ1) is 10.5. The number of benzene rings is 1. The number of carbonyl (C=O) groups excluding carboxylic acids is 1. The highest BCUT2D eigenvalue weighted by molar-refractivity contribution is 7.80. The minimum absolute atomic E-state index is 0.0632. The van der Waals surface area contributed by atoms with E-state index in [0.29, 0.717) is 17.1 Å². The Kier molecular flexibility index (Phi) is 5.13. The minimum atomic E-state index is -0.493. The van der Waals surface area contributed by atoms with Crippen molar-refractivity contribution in [1.29, 1.82) is 0 Å². The molecule has 1 aromatic carbocycles. The first kappa shape index (κ1) is 16.0. The largest absolute Gasteiger partial charge is 0.465 e. The van der Waals surface area contributed by atoms with E-state index < -0.39 is 5.97 Å². The van der Waals surface area contributed by atoms with Crippen molar-refractivity contribution in [2.45, 2.75) is 0 Å². The summed E-state index contributed by atoms with van der Waals surface area (Å²) in [4.78, 5) is 11.5. The van der Waals surface area contributed by atoms with Gasteiger partial charge in [0, 0.05) is 5.56 Å².